The standard InChI is InChI=1S/C26H32N4O2S/c1-20-7-5-10-23(17-20)25-28-24(32-29-25)18-30-14-11-22(12-15-30)26(31)27-13-6-16-33-19-21-8-3-2-4-9-21/h2-5,7-10,17,22H,6,11-16,18-19H2,1H3,(H,27,31). The molecule has 1 saturated heterocycles. The molecule has 33 heavy (non-hydrogen) atoms. The van der Waals surface area contributed by atoms with Gasteiger partial charge in [0.05, 0.1) is 6.54 Å². The predicted octanol–water partition coefficient (Wildman–Crippen LogP) is 4.70. The highest BCUT2D eigenvalue weighted by Crippen LogP contribution is 2.21. The number of aryl methyl sites for hydroxylation is 1. The van der Waals surface area contributed by atoms with Crippen LogP contribution in [-0.2, 0) is 17.1 Å². The summed E-state index contributed by atoms with van der Waals surface area (Å²) < 4.78 is 5.47. The molecule has 0 saturated carbocycles. The molecule has 4 rings (SSSR count). The van der Waals surface area contributed by atoms with Gasteiger partial charge in [-0.25, -0.2) is 0 Å². The van der Waals surface area contributed by atoms with Gasteiger partial charge in [0.1, 0.15) is 0 Å². The van der Waals surface area contributed by atoms with Crippen LogP contribution in [0.1, 0.15) is 36.3 Å². The van der Waals surface area contributed by atoms with Gasteiger partial charge in [0.2, 0.25) is 17.6 Å². The second-order valence-corrected chi connectivity index (χ2v) is 9.72. The maximum absolute atomic E-state index is 12.5. The predicted molar refractivity (Wildman–Crippen MR) is 133 cm³/mol. The molecular formula is C26H32N4O2S. The molecule has 7 heteroatoms. The molecule has 1 aromatic heterocycles. The number of thioether (sulfide) groups is 1. The van der Waals surface area contributed by atoms with E-state index in [4.69, 9.17) is 4.52 Å². The van der Waals surface area contributed by atoms with Crippen LogP contribution in [0, 0.1) is 12.8 Å². The molecule has 1 fully saturated rings. The van der Waals surface area contributed by atoms with E-state index >= 15 is 0 Å². The number of nitrogens with zero attached hydrogens (tertiary/aromatic N) is 3. The summed E-state index contributed by atoms with van der Waals surface area (Å²) in [6.07, 6.45) is 2.74. The van der Waals surface area contributed by atoms with Crippen molar-refractivity contribution in [3.63, 3.8) is 0 Å². The summed E-state index contributed by atoms with van der Waals surface area (Å²) in [5, 5.41) is 7.26. The smallest absolute Gasteiger partial charge is 0.241 e. The van der Waals surface area contributed by atoms with E-state index in [1.807, 2.05) is 30.0 Å². The fourth-order valence-electron chi connectivity index (χ4n) is 4.06. The van der Waals surface area contributed by atoms with Gasteiger partial charge in [-0.2, -0.15) is 16.7 Å². The zero-order valence-electron chi connectivity index (χ0n) is 19.2. The molecule has 1 amide bonds. The van der Waals surface area contributed by atoms with Crippen LogP contribution in [0.5, 0.6) is 0 Å². The number of hydrogen-bond acceptors (Lipinski definition) is 6. The minimum atomic E-state index is 0.101. The van der Waals surface area contributed by atoms with Crippen LogP contribution in [0.2, 0.25) is 0 Å². The van der Waals surface area contributed by atoms with Crippen molar-refractivity contribution in [1.29, 1.82) is 0 Å². The van der Waals surface area contributed by atoms with Gasteiger partial charge in [0.25, 0.3) is 0 Å². The third-order valence-corrected chi connectivity index (χ3v) is 7.05. The minimum Gasteiger partial charge on any atom is -0.356 e. The van der Waals surface area contributed by atoms with Crippen molar-refractivity contribution in [3.05, 3.63) is 71.6 Å². The minimum absolute atomic E-state index is 0.101. The Bertz CT molecular complexity index is 1020. The Morgan fingerprint density at radius 1 is 1.15 bits per heavy atom. The van der Waals surface area contributed by atoms with Crippen LogP contribution in [-0.4, -0.2) is 46.3 Å². The maximum Gasteiger partial charge on any atom is 0.241 e. The van der Waals surface area contributed by atoms with E-state index in [0.717, 1.165) is 56.0 Å². The van der Waals surface area contributed by atoms with Crippen molar-refractivity contribution in [1.82, 2.24) is 20.4 Å². The Hall–Kier alpha value is -2.64. The number of piperidine rings is 1. The summed E-state index contributed by atoms with van der Waals surface area (Å²) in [5.41, 5.74) is 3.49. The highest BCUT2D eigenvalue weighted by Gasteiger charge is 2.25. The van der Waals surface area contributed by atoms with Gasteiger partial charge in [0, 0.05) is 23.8 Å². The average molecular weight is 465 g/mol. The molecule has 6 nitrogen and oxygen atoms in total. The molecule has 1 N–H and O–H groups in total. The zero-order chi connectivity index (χ0) is 22.9. The summed E-state index contributed by atoms with van der Waals surface area (Å²) >= 11 is 1.92. The maximum atomic E-state index is 12.5. The highest BCUT2D eigenvalue weighted by atomic mass is 32.2. The first-order valence-corrected chi connectivity index (χ1v) is 12.8. The Labute approximate surface area is 200 Å². The van der Waals surface area contributed by atoms with Crippen LogP contribution in [0.25, 0.3) is 11.4 Å². The summed E-state index contributed by atoms with van der Waals surface area (Å²) in [6.45, 7) is 5.17. The molecule has 0 bridgehead atoms. The lowest BCUT2D eigenvalue weighted by atomic mass is 9.96. The van der Waals surface area contributed by atoms with Crippen molar-refractivity contribution >= 4 is 17.7 Å². The van der Waals surface area contributed by atoms with Gasteiger partial charge < -0.3 is 9.84 Å². The second-order valence-electron chi connectivity index (χ2n) is 8.61. The number of nitrogens with one attached hydrogen (secondary N) is 1. The number of aromatic nitrogens is 2. The van der Waals surface area contributed by atoms with Gasteiger partial charge >= 0.3 is 0 Å². The Kier molecular flexibility index (Phi) is 8.55. The van der Waals surface area contributed by atoms with E-state index in [1.165, 1.54) is 11.1 Å². The van der Waals surface area contributed by atoms with Crippen molar-refractivity contribution in [2.24, 2.45) is 5.92 Å². The lowest BCUT2D eigenvalue weighted by Gasteiger charge is -2.30. The molecule has 0 atom stereocenters. The van der Waals surface area contributed by atoms with Crippen molar-refractivity contribution in [3.8, 4) is 11.4 Å². The summed E-state index contributed by atoms with van der Waals surface area (Å²) in [5.74, 6) is 3.64. The van der Waals surface area contributed by atoms with Crippen LogP contribution in [0.3, 0.4) is 0 Å². The van der Waals surface area contributed by atoms with E-state index in [2.05, 4.69) is 63.7 Å². The van der Waals surface area contributed by atoms with E-state index in [9.17, 15) is 4.79 Å². The van der Waals surface area contributed by atoms with Crippen LogP contribution >= 0.6 is 11.8 Å². The molecule has 2 heterocycles. The SMILES string of the molecule is Cc1cccc(-c2noc(CN3CCC(C(=O)NCCCSCc4ccccc4)CC3)n2)c1. The van der Waals surface area contributed by atoms with Crippen LogP contribution < -0.4 is 5.32 Å². The molecule has 1 aliphatic rings. The average Bonchev–Trinajstić information content (AvgIpc) is 3.31. The molecule has 2 aromatic carbocycles. The quantitative estimate of drug-likeness (QED) is 0.439. The molecule has 0 radical (unpaired) electrons. The lowest BCUT2D eigenvalue weighted by Crippen LogP contribution is -2.40. The zero-order valence-corrected chi connectivity index (χ0v) is 20.0. The number of rotatable bonds is 10. The van der Waals surface area contributed by atoms with Crippen LogP contribution in [0.15, 0.2) is 59.1 Å². The molecule has 0 spiro atoms. The Morgan fingerprint density at radius 3 is 2.76 bits per heavy atom. The molecule has 174 valence electrons. The van der Waals surface area contributed by atoms with Crippen molar-refractivity contribution < 1.29 is 9.32 Å². The van der Waals surface area contributed by atoms with Gasteiger partial charge in [-0.15, -0.1) is 0 Å². The molecule has 0 unspecified atom stereocenters. The fraction of sp³-hybridized carbons (Fsp3) is 0.423. The Balaban J connectivity index is 1.12. The second kappa shape index (κ2) is 12.0. The Morgan fingerprint density at radius 2 is 1.97 bits per heavy atom. The van der Waals surface area contributed by atoms with Crippen molar-refractivity contribution in [2.45, 2.75) is 38.5 Å². The molecule has 3 aromatic rings. The normalized spacial score (nSPS) is 14.9. The molecule has 0 aliphatic carbocycles. The molecule has 1 aliphatic heterocycles. The number of amides is 1. The summed E-state index contributed by atoms with van der Waals surface area (Å²) in [6, 6.07) is 18.6. The topological polar surface area (TPSA) is 71.3 Å². The van der Waals surface area contributed by atoms with Crippen molar-refractivity contribution in [2.75, 3.05) is 25.4 Å². The van der Waals surface area contributed by atoms with Gasteiger partial charge in [-0.05, 0) is 56.7 Å². The monoisotopic (exact) mass is 464 g/mol. The molecular weight excluding hydrogens is 432 g/mol. The third kappa shape index (κ3) is 7.17. The number of hydrogen-bond donors (Lipinski definition) is 1. The lowest BCUT2D eigenvalue weighted by molar-refractivity contribution is -0.126. The van der Waals surface area contributed by atoms with Gasteiger partial charge in [0.15, 0.2) is 0 Å². The first kappa shape index (κ1) is 23.5. The van der Waals surface area contributed by atoms with Crippen LogP contribution in [0.4, 0.5) is 0 Å². The first-order valence-electron chi connectivity index (χ1n) is 11.7. The number of likely N-dealkylation sites (tertiary alicyclic amines) is 1. The van der Waals surface area contributed by atoms with E-state index < -0.39 is 0 Å². The van der Waals surface area contributed by atoms with E-state index in [-0.39, 0.29) is 11.8 Å². The fourth-order valence-corrected chi connectivity index (χ4v) is 4.98. The number of carbonyl (C=O) groups is 1. The largest absolute Gasteiger partial charge is 0.356 e. The van der Waals surface area contributed by atoms with E-state index in [0.29, 0.717) is 18.3 Å². The van der Waals surface area contributed by atoms with Gasteiger partial charge in [-0.3, -0.25) is 9.69 Å². The summed E-state index contributed by atoms with van der Waals surface area (Å²) in [7, 11) is 0. The first-order chi connectivity index (χ1) is 16.2. The third-order valence-electron chi connectivity index (χ3n) is 5.94. The van der Waals surface area contributed by atoms with Gasteiger partial charge in [-0.1, -0.05) is 59.3 Å². The highest BCUT2D eigenvalue weighted by molar-refractivity contribution is 7.98. The summed E-state index contributed by atoms with van der Waals surface area (Å²) in [4.78, 5) is 19.4. The van der Waals surface area contributed by atoms with E-state index in [1.54, 1.807) is 0 Å². The number of carbonyl (C=O) groups excluding carboxylic acids is 1. The number of benzene rings is 2.